The summed E-state index contributed by atoms with van der Waals surface area (Å²) >= 11 is 0. The van der Waals surface area contributed by atoms with Gasteiger partial charge in [-0.15, -0.1) is 0 Å². The number of hydrogen-bond acceptors (Lipinski definition) is 6. The van der Waals surface area contributed by atoms with Gasteiger partial charge >= 0.3 is 0 Å². The van der Waals surface area contributed by atoms with Crippen LogP contribution in [-0.4, -0.2) is 34.5 Å². The molecule has 0 aliphatic heterocycles. The zero-order valence-electron chi connectivity index (χ0n) is 39.8. The van der Waals surface area contributed by atoms with E-state index in [9.17, 15) is 0 Å². The van der Waals surface area contributed by atoms with Gasteiger partial charge in [-0.1, -0.05) is 181 Å². The molecule has 0 aliphatic rings. The number of hydrogen-bond donors (Lipinski definition) is 0. The summed E-state index contributed by atoms with van der Waals surface area (Å²) in [6, 6.07) is 73.9. The zero-order valence-corrected chi connectivity index (χ0v) is 39.8. The van der Waals surface area contributed by atoms with Crippen molar-refractivity contribution in [3.63, 3.8) is 0 Å². The van der Waals surface area contributed by atoms with Gasteiger partial charge in [0.15, 0.2) is 34.9 Å². The van der Waals surface area contributed by atoms with Gasteiger partial charge in [-0.05, 0) is 104 Å². The van der Waals surface area contributed by atoms with Crippen molar-refractivity contribution in [1.29, 1.82) is 0 Å². The molecule has 0 unspecified atom stereocenters. The van der Waals surface area contributed by atoms with Crippen LogP contribution in [0.15, 0.2) is 212 Å². The molecule has 71 heavy (non-hydrogen) atoms. The fourth-order valence-electron chi connectivity index (χ4n) is 9.81. The lowest BCUT2D eigenvalue weighted by atomic mass is 9.95. The van der Waals surface area contributed by atoms with Crippen LogP contribution in [0, 0.1) is 27.7 Å². The summed E-state index contributed by atoms with van der Waals surface area (Å²) < 4.78 is 2.37. The standard InChI is InChI=1S/C64H47N7/c1-40-25-30-51(42(3)35-40)48-27-32-56-53(37-48)54-38-49(52-31-26-41(2)36-43(52)4)28-33-57(54)71(56)58-34-29-50(63-67-59(44-17-9-5-10-18-44)65-60(68-63)45-19-11-6-12-20-45)39-55(58)64-69-61(46-21-13-7-14-22-46)66-62(70-64)47-23-15-8-16-24-47/h5-39H,1-4H3. The predicted octanol–water partition coefficient (Wildman–Crippen LogP) is 15.7. The first-order valence-electron chi connectivity index (χ1n) is 23.9. The fraction of sp³-hybridized carbons (Fsp3) is 0.0625. The summed E-state index contributed by atoms with van der Waals surface area (Å²) in [7, 11) is 0. The summed E-state index contributed by atoms with van der Waals surface area (Å²) in [5.74, 6) is 3.36. The number of rotatable bonds is 9. The van der Waals surface area contributed by atoms with Gasteiger partial charge in [0.05, 0.1) is 16.7 Å². The average molecular weight is 914 g/mol. The van der Waals surface area contributed by atoms with Crippen LogP contribution in [-0.2, 0) is 0 Å². The van der Waals surface area contributed by atoms with Gasteiger partial charge in [-0.25, -0.2) is 29.9 Å². The third-order valence-electron chi connectivity index (χ3n) is 13.3. The lowest BCUT2D eigenvalue weighted by Crippen LogP contribution is -2.05. The lowest BCUT2D eigenvalue weighted by molar-refractivity contribution is 1.06. The summed E-state index contributed by atoms with van der Waals surface area (Å²) in [4.78, 5) is 31.2. The first-order chi connectivity index (χ1) is 34.8. The number of nitrogens with zero attached hydrogens (tertiary/aromatic N) is 7. The van der Waals surface area contributed by atoms with Gasteiger partial charge in [0.1, 0.15) is 0 Å². The van der Waals surface area contributed by atoms with Crippen LogP contribution < -0.4 is 0 Å². The Labute approximate surface area is 413 Å². The maximum atomic E-state index is 5.35. The van der Waals surface area contributed by atoms with E-state index >= 15 is 0 Å². The Morgan fingerprint density at radius 3 is 1.00 bits per heavy atom. The molecule has 0 radical (unpaired) electrons. The quantitative estimate of drug-likeness (QED) is 0.143. The van der Waals surface area contributed by atoms with Crippen LogP contribution in [0.2, 0.25) is 0 Å². The molecule has 12 rings (SSSR count). The Bertz CT molecular complexity index is 3740. The first-order valence-corrected chi connectivity index (χ1v) is 23.9. The third-order valence-corrected chi connectivity index (χ3v) is 13.3. The van der Waals surface area contributed by atoms with E-state index in [1.807, 2.05) is 121 Å². The topological polar surface area (TPSA) is 82.3 Å². The fourth-order valence-corrected chi connectivity index (χ4v) is 9.81. The molecule has 0 N–H and O–H groups in total. The van der Waals surface area contributed by atoms with E-state index in [2.05, 4.69) is 123 Å². The number of benzene rings is 9. The molecule has 3 aromatic heterocycles. The van der Waals surface area contributed by atoms with E-state index < -0.39 is 0 Å². The van der Waals surface area contributed by atoms with E-state index in [0.29, 0.717) is 34.9 Å². The van der Waals surface area contributed by atoms with Crippen molar-refractivity contribution in [2.24, 2.45) is 0 Å². The van der Waals surface area contributed by atoms with Crippen LogP contribution in [0.5, 0.6) is 0 Å². The highest BCUT2D eigenvalue weighted by Gasteiger charge is 2.23. The van der Waals surface area contributed by atoms with Crippen molar-refractivity contribution < 1.29 is 0 Å². The minimum atomic E-state index is 0.518. The van der Waals surface area contributed by atoms with Crippen LogP contribution in [0.25, 0.3) is 118 Å². The largest absolute Gasteiger partial charge is 0.308 e. The molecule has 7 nitrogen and oxygen atoms in total. The Hall–Kier alpha value is -9.20. The van der Waals surface area contributed by atoms with Crippen molar-refractivity contribution >= 4 is 21.8 Å². The molecule has 12 aromatic rings. The number of aryl methyl sites for hydroxylation is 4. The molecule has 0 spiro atoms. The second-order valence-electron chi connectivity index (χ2n) is 18.2. The van der Waals surface area contributed by atoms with Gasteiger partial charge in [0, 0.05) is 44.2 Å². The van der Waals surface area contributed by atoms with E-state index in [1.165, 1.54) is 33.4 Å². The van der Waals surface area contributed by atoms with Crippen LogP contribution in [0.1, 0.15) is 22.3 Å². The maximum Gasteiger partial charge on any atom is 0.166 e. The molecule has 338 valence electrons. The highest BCUT2D eigenvalue weighted by atomic mass is 15.1. The number of fused-ring (bicyclic) bond motifs is 3. The molecule has 0 saturated heterocycles. The molecule has 0 atom stereocenters. The van der Waals surface area contributed by atoms with E-state index in [0.717, 1.165) is 72.0 Å². The Kier molecular flexibility index (Phi) is 10.9. The maximum absolute atomic E-state index is 5.35. The molecule has 0 aliphatic carbocycles. The van der Waals surface area contributed by atoms with E-state index in [4.69, 9.17) is 29.9 Å². The van der Waals surface area contributed by atoms with E-state index in [-0.39, 0.29) is 0 Å². The normalized spacial score (nSPS) is 11.4. The van der Waals surface area contributed by atoms with Crippen LogP contribution >= 0.6 is 0 Å². The van der Waals surface area contributed by atoms with Gasteiger partial charge in [-0.2, -0.15) is 0 Å². The number of aromatic nitrogens is 7. The van der Waals surface area contributed by atoms with Crippen LogP contribution in [0.3, 0.4) is 0 Å². The molecule has 0 fully saturated rings. The van der Waals surface area contributed by atoms with Gasteiger partial charge in [0.2, 0.25) is 0 Å². The van der Waals surface area contributed by atoms with Crippen LogP contribution in [0.4, 0.5) is 0 Å². The predicted molar refractivity (Wildman–Crippen MR) is 290 cm³/mol. The third kappa shape index (κ3) is 8.23. The molecule has 0 amide bonds. The summed E-state index contributed by atoms with van der Waals surface area (Å²) in [6.45, 7) is 8.69. The Morgan fingerprint density at radius 1 is 0.268 bits per heavy atom. The molecular formula is C64H47N7. The second-order valence-corrected chi connectivity index (χ2v) is 18.2. The van der Waals surface area contributed by atoms with Crippen molar-refractivity contribution in [3.8, 4) is 96.3 Å². The molecule has 9 aromatic carbocycles. The summed E-state index contributed by atoms with van der Waals surface area (Å²) in [5.41, 5.74) is 17.9. The van der Waals surface area contributed by atoms with Gasteiger partial charge < -0.3 is 4.57 Å². The van der Waals surface area contributed by atoms with Crippen molar-refractivity contribution in [2.75, 3.05) is 0 Å². The monoisotopic (exact) mass is 913 g/mol. The Morgan fingerprint density at radius 2 is 0.620 bits per heavy atom. The highest BCUT2D eigenvalue weighted by Crippen LogP contribution is 2.42. The minimum absolute atomic E-state index is 0.518. The molecule has 7 heteroatoms. The minimum Gasteiger partial charge on any atom is -0.308 e. The van der Waals surface area contributed by atoms with Crippen molar-refractivity contribution in [3.05, 3.63) is 235 Å². The Balaban J connectivity index is 1.15. The van der Waals surface area contributed by atoms with Gasteiger partial charge in [-0.3, -0.25) is 0 Å². The molecule has 0 bridgehead atoms. The second kappa shape index (κ2) is 18.0. The SMILES string of the molecule is Cc1ccc(-c2ccc3c(c2)c2cc(-c4ccc(C)cc4C)ccc2n3-c2ccc(-c3nc(-c4ccccc4)nc(-c4ccccc4)n3)cc2-c2nc(-c3ccccc3)nc(-c3ccccc3)n2)c(C)c1. The van der Waals surface area contributed by atoms with Crippen molar-refractivity contribution in [2.45, 2.75) is 27.7 Å². The smallest absolute Gasteiger partial charge is 0.166 e. The first kappa shape index (κ1) is 43.1. The van der Waals surface area contributed by atoms with Crippen molar-refractivity contribution in [1.82, 2.24) is 34.5 Å². The summed E-state index contributed by atoms with van der Waals surface area (Å²) in [5, 5.41) is 2.28. The van der Waals surface area contributed by atoms with Gasteiger partial charge in [0.25, 0.3) is 0 Å². The summed E-state index contributed by atoms with van der Waals surface area (Å²) in [6.07, 6.45) is 0. The zero-order chi connectivity index (χ0) is 48.0. The lowest BCUT2D eigenvalue weighted by Gasteiger charge is -2.17. The average Bonchev–Trinajstić information content (AvgIpc) is 3.74. The molecule has 3 heterocycles. The highest BCUT2D eigenvalue weighted by molar-refractivity contribution is 6.12. The molecule has 0 saturated carbocycles. The van der Waals surface area contributed by atoms with E-state index in [1.54, 1.807) is 0 Å². The molecular weight excluding hydrogens is 867 g/mol.